The van der Waals surface area contributed by atoms with E-state index in [9.17, 15) is 0 Å². The molecule has 1 radical (unpaired) electrons. The monoisotopic (exact) mass is 98.0 g/mol. The van der Waals surface area contributed by atoms with Crippen molar-refractivity contribution >= 4 is 0 Å². The van der Waals surface area contributed by atoms with Crippen LogP contribution in [0.3, 0.4) is 0 Å². The van der Waals surface area contributed by atoms with E-state index in [-0.39, 0.29) is 6.61 Å². The predicted octanol–water partition coefficient (Wildman–Crippen LogP) is -0.903. The maximum absolute atomic E-state index is 8.27. The van der Waals surface area contributed by atoms with Crippen molar-refractivity contribution in [2.75, 3.05) is 0 Å². The highest BCUT2D eigenvalue weighted by Gasteiger charge is 1.86. The average molecular weight is 98.1 g/mol. The third-order valence-corrected chi connectivity index (χ3v) is 0.570. The molecule has 0 fully saturated rings. The van der Waals surface area contributed by atoms with Gasteiger partial charge < -0.3 is 5.11 Å². The number of nitrogens with zero attached hydrogens (tertiary/aromatic N) is 2. The molecule has 1 aromatic rings. The molecule has 1 heterocycles. The molecule has 4 nitrogen and oxygen atoms in total. The number of hydrogen-bond acceptors (Lipinski definition) is 3. The van der Waals surface area contributed by atoms with E-state index < -0.39 is 0 Å². The number of rotatable bonds is 1. The van der Waals surface area contributed by atoms with Crippen molar-refractivity contribution in [2.24, 2.45) is 0 Å². The topological polar surface area (TPSA) is 61.8 Å². The lowest BCUT2D eigenvalue weighted by molar-refractivity contribution is 0.272. The molecule has 1 rings (SSSR count). The number of aromatic nitrogens is 3. The summed E-state index contributed by atoms with van der Waals surface area (Å²) in [7, 11) is 0. The van der Waals surface area contributed by atoms with Gasteiger partial charge in [0, 0.05) is 0 Å². The van der Waals surface area contributed by atoms with Crippen molar-refractivity contribution in [1.82, 2.24) is 15.2 Å². The van der Waals surface area contributed by atoms with Gasteiger partial charge in [0.1, 0.15) is 6.61 Å². The Hall–Kier alpha value is -0.900. The first kappa shape index (κ1) is 4.26. The Morgan fingerprint density at radius 2 is 2.71 bits per heavy atom. The van der Waals surface area contributed by atoms with Crippen LogP contribution in [-0.2, 0) is 6.61 Å². The minimum Gasteiger partial charge on any atom is -0.388 e. The van der Waals surface area contributed by atoms with Gasteiger partial charge in [0.2, 0.25) is 6.33 Å². The summed E-state index contributed by atoms with van der Waals surface area (Å²) in [6, 6.07) is 0. The van der Waals surface area contributed by atoms with Gasteiger partial charge in [0.05, 0.1) is 0 Å². The lowest BCUT2D eigenvalue weighted by Gasteiger charge is -1.77. The third kappa shape index (κ3) is 0.747. The van der Waals surface area contributed by atoms with Crippen LogP contribution in [0.15, 0.2) is 0 Å². The van der Waals surface area contributed by atoms with Crippen molar-refractivity contribution in [1.29, 1.82) is 0 Å². The van der Waals surface area contributed by atoms with Crippen LogP contribution >= 0.6 is 0 Å². The van der Waals surface area contributed by atoms with Crippen LogP contribution in [0.4, 0.5) is 0 Å². The van der Waals surface area contributed by atoms with E-state index in [4.69, 9.17) is 5.11 Å². The summed E-state index contributed by atoms with van der Waals surface area (Å²) in [6.45, 7) is -0.101. The SMILES string of the molecule is OCc1n[c]n[nH]1. The molecule has 0 bridgehead atoms. The quantitative estimate of drug-likeness (QED) is 0.478. The van der Waals surface area contributed by atoms with Gasteiger partial charge in [0.25, 0.3) is 0 Å². The lowest BCUT2D eigenvalue weighted by atomic mass is 10.7. The molecule has 0 amide bonds. The van der Waals surface area contributed by atoms with Gasteiger partial charge in [-0.25, -0.2) is 4.98 Å². The molecule has 0 atom stereocenters. The molecule has 0 aliphatic rings. The van der Waals surface area contributed by atoms with Crippen molar-refractivity contribution in [3.63, 3.8) is 0 Å². The first-order valence-corrected chi connectivity index (χ1v) is 1.81. The van der Waals surface area contributed by atoms with Gasteiger partial charge in [-0.3, -0.25) is 5.10 Å². The average Bonchev–Trinajstić information content (AvgIpc) is 2.14. The molecule has 7 heavy (non-hydrogen) atoms. The fourth-order valence-electron chi connectivity index (χ4n) is 0.271. The number of nitrogens with one attached hydrogen (secondary N) is 1. The Morgan fingerprint density at radius 1 is 1.86 bits per heavy atom. The molecule has 4 heteroatoms. The molecular weight excluding hydrogens is 94.1 g/mol. The highest BCUT2D eigenvalue weighted by atomic mass is 16.3. The van der Waals surface area contributed by atoms with E-state index in [0.29, 0.717) is 5.82 Å². The summed E-state index contributed by atoms with van der Waals surface area (Å²) >= 11 is 0. The molecule has 0 aliphatic carbocycles. The van der Waals surface area contributed by atoms with Gasteiger partial charge >= 0.3 is 0 Å². The predicted molar refractivity (Wildman–Crippen MR) is 21.1 cm³/mol. The summed E-state index contributed by atoms with van der Waals surface area (Å²) < 4.78 is 0. The number of hydrogen-bond donors (Lipinski definition) is 2. The lowest BCUT2D eigenvalue weighted by Crippen LogP contribution is -1.83. The van der Waals surface area contributed by atoms with Crippen LogP contribution < -0.4 is 0 Å². The van der Waals surface area contributed by atoms with E-state index in [1.807, 2.05) is 0 Å². The Bertz CT molecular complexity index is 125. The zero-order chi connectivity index (χ0) is 5.11. The van der Waals surface area contributed by atoms with Gasteiger partial charge in [-0.15, -0.1) is 5.10 Å². The molecule has 37 valence electrons. The Kier molecular flexibility index (Phi) is 1.04. The van der Waals surface area contributed by atoms with E-state index in [0.717, 1.165) is 0 Å². The summed E-state index contributed by atoms with van der Waals surface area (Å²) in [4.78, 5) is 3.49. The molecular formula is C3H4N3O. The second kappa shape index (κ2) is 1.70. The van der Waals surface area contributed by atoms with Crippen LogP contribution in [0, 0.1) is 6.33 Å². The molecule has 0 aromatic carbocycles. The Labute approximate surface area is 40.2 Å². The normalized spacial score (nSPS) is 9.29. The van der Waals surface area contributed by atoms with Gasteiger partial charge in [-0.2, -0.15) is 0 Å². The summed E-state index contributed by atoms with van der Waals surface area (Å²) in [5.74, 6) is 0.444. The van der Waals surface area contributed by atoms with Crippen LogP contribution in [-0.4, -0.2) is 20.3 Å². The molecule has 0 saturated heterocycles. The van der Waals surface area contributed by atoms with Crippen LogP contribution in [0.1, 0.15) is 5.82 Å². The first-order chi connectivity index (χ1) is 3.43. The molecule has 0 saturated carbocycles. The summed E-state index contributed by atoms with van der Waals surface area (Å²) in [5, 5.41) is 14.1. The minimum absolute atomic E-state index is 0.101. The molecule has 0 aliphatic heterocycles. The van der Waals surface area contributed by atoms with E-state index in [1.165, 1.54) is 0 Å². The zero-order valence-electron chi connectivity index (χ0n) is 3.55. The van der Waals surface area contributed by atoms with E-state index >= 15 is 0 Å². The maximum Gasteiger partial charge on any atom is 0.220 e. The zero-order valence-corrected chi connectivity index (χ0v) is 3.55. The fourth-order valence-corrected chi connectivity index (χ4v) is 0.271. The second-order valence-electron chi connectivity index (χ2n) is 1.04. The summed E-state index contributed by atoms with van der Waals surface area (Å²) in [5.41, 5.74) is 0. The molecule has 0 unspecified atom stereocenters. The first-order valence-electron chi connectivity index (χ1n) is 1.81. The van der Waals surface area contributed by atoms with Crippen LogP contribution in [0.25, 0.3) is 0 Å². The minimum atomic E-state index is -0.101. The molecule has 1 aromatic heterocycles. The highest BCUT2D eigenvalue weighted by Crippen LogP contribution is 1.78. The van der Waals surface area contributed by atoms with E-state index in [1.54, 1.807) is 0 Å². The van der Waals surface area contributed by atoms with Crippen molar-refractivity contribution in [3.8, 4) is 0 Å². The van der Waals surface area contributed by atoms with Crippen molar-refractivity contribution in [3.05, 3.63) is 12.2 Å². The van der Waals surface area contributed by atoms with Crippen LogP contribution in [0.2, 0.25) is 0 Å². The van der Waals surface area contributed by atoms with E-state index in [2.05, 4.69) is 21.5 Å². The van der Waals surface area contributed by atoms with Crippen LogP contribution in [0.5, 0.6) is 0 Å². The number of aliphatic hydroxyl groups excluding tert-OH is 1. The standard InChI is InChI=1S/C3H4N3O/c7-1-3-4-2-5-6-3/h7H,1H2,(H,4,5,6). The number of aliphatic hydroxyl groups is 1. The molecule has 0 spiro atoms. The maximum atomic E-state index is 8.27. The highest BCUT2D eigenvalue weighted by molar-refractivity contribution is 4.72. The Morgan fingerprint density at radius 3 is 3.00 bits per heavy atom. The molecule has 2 N–H and O–H groups in total. The third-order valence-electron chi connectivity index (χ3n) is 0.570. The summed E-state index contributed by atoms with van der Waals surface area (Å²) in [6.07, 6.45) is 2.27. The van der Waals surface area contributed by atoms with Crippen molar-refractivity contribution < 1.29 is 5.11 Å². The van der Waals surface area contributed by atoms with Gasteiger partial charge in [-0.1, -0.05) is 0 Å². The largest absolute Gasteiger partial charge is 0.388 e. The van der Waals surface area contributed by atoms with Gasteiger partial charge in [0.15, 0.2) is 5.82 Å². The smallest absolute Gasteiger partial charge is 0.220 e. The van der Waals surface area contributed by atoms with Crippen molar-refractivity contribution in [2.45, 2.75) is 6.61 Å². The number of aromatic amines is 1. The Balaban J connectivity index is 2.76. The second-order valence-corrected chi connectivity index (χ2v) is 1.04. The number of H-pyrrole nitrogens is 1. The van der Waals surface area contributed by atoms with Gasteiger partial charge in [-0.05, 0) is 0 Å². The fraction of sp³-hybridized carbons (Fsp3) is 0.333.